The smallest absolute Gasteiger partial charge is 0.166 e. The maximum Gasteiger partial charge on any atom is 0.166 e. The molecule has 4 heteroatoms. The molecule has 0 aliphatic rings. The van der Waals surface area contributed by atoms with Gasteiger partial charge in [0.25, 0.3) is 0 Å². The Morgan fingerprint density at radius 3 is 2.33 bits per heavy atom. The summed E-state index contributed by atoms with van der Waals surface area (Å²) in [6.07, 6.45) is -0.758. The number of aliphatic hydroxyl groups excluding tert-OH is 1. The molecule has 1 aromatic rings. The standard InChI is InChI=1S/C14H19ClF2O/c1-8(14(2,3)4)7-11(18)12-9(15)5-6-10(16)13(12)17/h5-6,8,11,18H,7H2,1-4H3. The van der Waals surface area contributed by atoms with Crippen LogP contribution in [0, 0.1) is 23.0 Å². The molecule has 1 N–H and O–H groups in total. The quantitative estimate of drug-likeness (QED) is 0.792. The summed E-state index contributed by atoms with van der Waals surface area (Å²) in [7, 11) is 0. The molecule has 1 rings (SSSR count). The molecule has 0 saturated carbocycles. The minimum absolute atomic E-state index is 0.0166. The van der Waals surface area contributed by atoms with E-state index in [2.05, 4.69) is 0 Å². The first-order valence-electron chi connectivity index (χ1n) is 5.96. The summed E-state index contributed by atoms with van der Waals surface area (Å²) in [6, 6.07) is 2.22. The van der Waals surface area contributed by atoms with Crippen molar-refractivity contribution in [2.75, 3.05) is 0 Å². The third-order valence-corrected chi connectivity index (χ3v) is 3.80. The third-order valence-electron chi connectivity index (χ3n) is 3.47. The fraction of sp³-hybridized carbons (Fsp3) is 0.571. The molecule has 0 spiro atoms. The van der Waals surface area contributed by atoms with E-state index in [-0.39, 0.29) is 21.9 Å². The van der Waals surface area contributed by atoms with Gasteiger partial charge < -0.3 is 5.11 Å². The largest absolute Gasteiger partial charge is 0.388 e. The van der Waals surface area contributed by atoms with E-state index in [4.69, 9.17) is 11.6 Å². The fourth-order valence-electron chi connectivity index (χ4n) is 1.65. The molecule has 0 radical (unpaired) electrons. The number of hydrogen-bond donors (Lipinski definition) is 1. The van der Waals surface area contributed by atoms with Crippen LogP contribution in [0.4, 0.5) is 8.78 Å². The summed E-state index contributed by atoms with van der Waals surface area (Å²) in [4.78, 5) is 0. The van der Waals surface area contributed by atoms with Gasteiger partial charge >= 0.3 is 0 Å². The van der Waals surface area contributed by atoms with E-state index in [1.165, 1.54) is 6.07 Å². The lowest BCUT2D eigenvalue weighted by Crippen LogP contribution is -2.20. The van der Waals surface area contributed by atoms with Gasteiger partial charge in [0.15, 0.2) is 11.6 Å². The van der Waals surface area contributed by atoms with Gasteiger partial charge in [-0.1, -0.05) is 39.3 Å². The van der Waals surface area contributed by atoms with Crippen LogP contribution in [0.5, 0.6) is 0 Å². The monoisotopic (exact) mass is 276 g/mol. The van der Waals surface area contributed by atoms with E-state index in [1.54, 1.807) is 0 Å². The maximum atomic E-state index is 13.6. The molecule has 0 aliphatic heterocycles. The Morgan fingerprint density at radius 2 is 1.83 bits per heavy atom. The number of benzene rings is 1. The van der Waals surface area contributed by atoms with Crippen molar-refractivity contribution in [1.29, 1.82) is 0 Å². The van der Waals surface area contributed by atoms with E-state index < -0.39 is 17.7 Å². The molecule has 0 aliphatic carbocycles. The zero-order valence-electron chi connectivity index (χ0n) is 11.1. The molecule has 2 atom stereocenters. The van der Waals surface area contributed by atoms with Crippen molar-refractivity contribution in [3.63, 3.8) is 0 Å². The van der Waals surface area contributed by atoms with Crippen LogP contribution in [-0.4, -0.2) is 5.11 Å². The highest BCUT2D eigenvalue weighted by atomic mass is 35.5. The van der Waals surface area contributed by atoms with Crippen LogP contribution in [0.15, 0.2) is 12.1 Å². The fourth-order valence-corrected chi connectivity index (χ4v) is 1.93. The van der Waals surface area contributed by atoms with E-state index >= 15 is 0 Å². The number of rotatable bonds is 3. The average Bonchev–Trinajstić information content (AvgIpc) is 2.22. The van der Waals surface area contributed by atoms with Gasteiger partial charge in [0, 0.05) is 10.6 Å². The molecule has 0 aromatic heterocycles. The Hall–Kier alpha value is -0.670. The zero-order chi connectivity index (χ0) is 14.1. The second-order valence-electron chi connectivity index (χ2n) is 5.78. The van der Waals surface area contributed by atoms with Crippen molar-refractivity contribution in [3.8, 4) is 0 Å². The SMILES string of the molecule is CC(CC(O)c1c(Cl)ccc(F)c1F)C(C)(C)C. The number of hydrogen-bond acceptors (Lipinski definition) is 1. The van der Waals surface area contributed by atoms with Crippen molar-refractivity contribution in [2.24, 2.45) is 11.3 Å². The van der Waals surface area contributed by atoms with Crippen molar-refractivity contribution >= 4 is 11.6 Å². The second kappa shape index (κ2) is 5.54. The first-order chi connectivity index (χ1) is 8.14. The predicted octanol–water partition coefficient (Wildman–Crippen LogP) is 4.72. The highest BCUT2D eigenvalue weighted by Gasteiger charge is 2.27. The van der Waals surface area contributed by atoms with Gasteiger partial charge in [0.05, 0.1) is 6.10 Å². The highest BCUT2D eigenvalue weighted by Crippen LogP contribution is 2.36. The number of halogens is 3. The summed E-state index contributed by atoms with van der Waals surface area (Å²) in [5.41, 5.74) is -0.162. The lowest BCUT2D eigenvalue weighted by atomic mass is 9.78. The highest BCUT2D eigenvalue weighted by molar-refractivity contribution is 6.31. The van der Waals surface area contributed by atoms with Gasteiger partial charge in [-0.2, -0.15) is 0 Å². The molecule has 0 fully saturated rings. The van der Waals surface area contributed by atoms with Gasteiger partial charge in [0.1, 0.15) is 0 Å². The third kappa shape index (κ3) is 3.42. The molecule has 102 valence electrons. The molecule has 1 nitrogen and oxygen atoms in total. The van der Waals surface area contributed by atoms with Crippen LogP contribution in [0.25, 0.3) is 0 Å². The summed E-state index contributed by atoms with van der Waals surface area (Å²) < 4.78 is 26.8. The van der Waals surface area contributed by atoms with Crippen molar-refractivity contribution < 1.29 is 13.9 Å². The summed E-state index contributed by atoms with van der Waals surface area (Å²) in [6.45, 7) is 8.07. The minimum atomic E-state index is -1.09. The van der Waals surface area contributed by atoms with E-state index in [0.29, 0.717) is 6.42 Å². The van der Waals surface area contributed by atoms with Gasteiger partial charge in [0.2, 0.25) is 0 Å². The van der Waals surface area contributed by atoms with Gasteiger partial charge in [-0.05, 0) is 29.9 Å². The van der Waals surface area contributed by atoms with Crippen LogP contribution in [0.1, 0.15) is 45.8 Å². The average molecular weight is 277 g/mol. The minimum Gasteiger partial charge on any atom is -0.388 e. The summed E-state index contributed by atoms with van der Waals surface area (Å²) in [5, 5.41) is 10.1. The molecule has 0 bridgehead atoms. The molecule has 2 unspecified atom stereocenters. The van der Waals surface area contributed by atoms with Gasteiger partial charge in [-0.15, -0.1) is 0 Å². The van der Waals surface area contributed by atoms with Crippen molar-refractivity contribution in [1.82, 2.24) is 0 Å². The first kappa shape index (κ1) is 15.4. The molecule has 0 heterocycles. The topological polar surface area (TPSA) is 20.2 Å². The molecular weight excluding hydrogens is 258 g/mol. The summed E-state index contributed by atoms with van der Waals surface area (Å²) in [5.74, 6) is -1.90. The Kier molecular flexibility index (Phi) is 4.73. The van der Waals surface area contributed by atoms with Gasteiger partial charge in [-0.25, -0.2) is 8.78 Å². The molecular formula is C14H19ClF2O. The van der Waals surface area contributed by atoms with Crippen LogP contribution in [0.2, 0.25) is 5.02 Å². The predicted molar refractivity (Wildman–Crippen MR) is 69.6 cm³/mol. The Bertz CT molecular complexity index is 427. The molecule has 0 saturated heterocycles. The van der Waals surface area contributed by atoms with Gasteiger partial charge in [-0.3, -0.25) is 0 Å². The van der Waals surface area contributed by atoms with E-state index in [9.17, 15) is 13.9 Å². The number of aliphatic hydroxyl groups is 1. The molecule has 0 amide bonds. The molecule has 18 heavy (non-hydrogen) atoms. The Labute approximate surface area is 112 Å². The normalized spacial score (nSPS) is 15.6. The van der Waals surface area contributed by atoms with Crippen molar-refractivity contribution in [3.05, 3.63) is 34.4 Å². The maximum absolute atomic E-state index is 13.6. The lowest BCUT2D eigenvalue weighted by molar-refractivity contribution is 0.107. The van der Waals surface area contributed by atoms with Crippen LogP contribution < -0.4 is 0 Å². The van der Waals surface area contributed by atoms with E-state index in [1.807, 2.05) is 27.7 Å². The van der Waals surface area contributed by atoms with Crippen molar-refractivity contribution in [2.45, 2.75) is 40.2 Å². The van der Waals surface area contributed by atoms with Crippen LogP contribution >= 0.6 is 11.6 Å². The van der Waals surface area contributed by atoms with Crippen LogP contribution in [0.3, 0.4) is 0 Å². The second-order valence-corrected chi connectivity index (χ2v) is 6.18. The first-order valence-corrected chi connectivity index (χ1v) is 6.33. The molecule has 1 aromatic carbocycles. The summed E-state index contributed by atoms with van der Waals surface area (Å²) >= 11 is 5.83. The Balaban J connectivity index is 2.98. The zero-order valence-corrected chi connectivity index (χ0v) is 11.9. The lowest BCUT2D eigenvalue weighted by Gasteiger charge is -2.29. The van der Waals surface area contributed by atoms with E-state index in [0.717, 1.165) is 6.07 Å². The Morgan fingerprint density at radius 1 is 1.28 bits per heavy atom. The van der Waals surface area contributed by atoms with Crippen LogP contribution in [-0.2, 0) is 0 Å².